The number of benzene rings is 2. The maximum Gasteiger partial charge on any atom is 0.203 e. The molecule has 0 bridgehead atoms. The predicted molar refractivity (Wildman–Crippen MR) is 100 cm³/mol. The van der Waals surface area contributed by atoms with E-state index in [1.807, 2.05) is 19.1 Å². The normalized spacial score (nSPS) is 10.2. The molecule has 25 heavy (non-hydrogen) atoms. The van der Waals surface area contributed by atoms with Crippen LogP contribution in [0.5, 0.6) is 17.2 Å². The zero-order chi connectivity index (χ0) is 18.6. The van der Waals surface area contributed by atoms with E-state index in [9.17, 15) is 9.90 Å². The molecule has 0 atom stereocenters. The minimum Gasteiger partial charge on any atom is -0.504 e. The van der Waals surface area contributed by atoms with Crippen molar-refractivity contribution in [2.24, 2.45) is 0 Å². The summed E-state index contributed by atoms with van der Waals surface area (Å²) in [5.74, 6) is 0.654. The molecule has 2 aromatic rings. The van der Waals surface area contributed by atoms with E-state index < -0.39 is 0 Å². The van der Waals surface area contributed by atoms with E-state index in [4.69, 9.17) is 9.47 Å². The molecule has 0 aliphatic rings. The molecule has 0 spiro atoms. The van der Waals surface area contributed by atoms with Crippen LogP contribution in [0, 0.1) is 0 Å². The van der Waals surface area contributed by atoms with E-state index >= 15 is 0 Å². The lowest BCUT2D eigenvalue weighted by Crippen LogP contribution is -2.02. The fourth-order valence-electron chi connectivity index (χ4n) is 2.54. The van der Waals surface area contributed by atoms with Gasteiger partial charge in [0.2, 0.25) is 5.75 Å². The first-order chi connectivity index (χ1) is 11.9. The lowest BCUT2D eigenvalue weighted by atomic mass is 9.96. The number of methoxy groups -OCH3 is 1. The van der Waals surface area contributed by atoms with Gasteiger partial charge < -0.3 is 14.6 Å². The lowest BCUT2D eigenvalue weighted by Gasteiger charge is -2.17. The number of rotatable bonds is 7. The predicted octanol–water partition coefficient (Wildman–Crippen LogP) is 4.87. The van der Waals surface area contributed by atoms with Crippen molar-refractivity contribution in [3.63, 3.8) is 0 Å². The summed E-state index contributed by atoms with van der Waals surface area (Å²) >= 11 is 0. The molecule has 0 heterocycles. The molecular formula is C21H22O4. The van der Waals surface area contributed by atoms with Crippen LogP contribution in [0.2, 0.25) is 0 Å². The third-order valence-corrected chi connectivity index (χ3v) is 3.72. The van der Waals surface area contributed by atoms with Gasteiger partial charge >= 0.3 is 0 Å². The van der Waals surface area contributed by atoms with Crippen LogP contribution in [0.1, 0.15) is 29.8 Å². The van der Waals surface area contributed by atoms with Crippen molar-refractivity contribution in [1.82, 2.24) is 0 Å². The second-order valence-electron chi connectivity index (χ2n) is 5.80. The number of aromatic hydroxyl groups is 1. The van der Waals surface area contributed by atoms with Crippen LogP contribution in [-0.4, -0.2) is 24.6 Å². The summed E-state index contributed by atoms with van der Waals surface area (Å²) in [7, 11) is 1.47. The van der Waals surface area contributed by atoms with Crippen LogP contribution in [0.3, 0.4) is 0 Å². The summed E-state index contributed by atoms with van der Waals surface area (Å²) in [5, 5.41) is 10.1. The van der Waals surface area contributed by atoms with E-state index in [1.54, 1.807) is 24.3 Å². The van der Waals surface area contributed by atoms with Gasteiger partial charge in [0.15, 0.2) is 17.3 Å². The van der Waals surface area contributed by atoms with Crippen molar-refractivity contribution < 1.29 is 19.4 Å². The Kier molecular flexibility index (Phi) is 5.65. The molecule has 0 radical (unpaired) electrons. The molecule has 0 aliphatic heterocycles. The van der Waals surface area contributed by atoms with Crippen molar-refractivity contribution in [2.75, 3.05) is 13.7 Å². The van der Waals surface area contributed by atoms with Crippen LogP contribution in [0.25, 0.3) is 17.2 Å². The molecule has 0 aromatic heterocycles. The molecular weight excluding hydrogens is 316 g/mol. The molecule has 2 aromatic carbocycles. The highest BCUT2D eigenvalue weighted by Gasteiger charge is 2.18. The fraction of sp³-hybridized carbons (Fsp3) is 0.190. The molecule has 0 saturated carbocycles. The maximum atomic E-state index is 11.7. The molecule has 0 saturated heterocycles. The Labute approximate surface area is 148 Å². The highest BCUT2D eigenvalue weighted by molar-refractivity contribution is 5.98. The van der Waals surface area contributed by atoms with E-state index in [-0.39, 0.29) is 17.3 Å². The van der Waals surface area contributed by atoms with Gasteiger partial charge in [0.05, 0.1) is 7.11 Å². The third-order valence-electron chi connectivity index (χ3n) is 3.72. The summed E-state index contributed by atoms with van der Waals surface area (Å²) in [6.45, 7) is 11.3. The van der Waals surface area contributed by atoms with Crippen molar-refractivity contribution in [3.05, 3.63) is 60.2 Å². The first-order valence-electron chi connectivity index (χ1n) is 7.84. The zero-order valence-corrected chi connectivity index (χ0v) is 14.8. The topological polar surface area (TPSA) is 55.8 Å². The average molecular weight is 338 g/mol. The number of phenols is 1. The number of phenolic OH excluding ortho intramolecular Hbond substituents is 1. The van der Waals surface area contributed by atoms with E-state index in [0.717, 1.165) is 22.3 Å². The summed E-state index contributed by atoms with van der Waals surface area (Å²) in [6.07, 6.45) is 1.65. The van der Waals surface area contributed by atoms with E-state index in [0.29, 0.717) is 17.9 Å². The first kappa shape index (κ1) is 18.3. The molecule has 2 rings (SSSR count). The minimum atomic E-state index is -0.0245. The molecule has 0 fully saturated rings. The van der Waals surface area contributed by atoms with Gasteiger partial charge in [-0.3, -0.25) is 4.79 Å². The smallest absolute Gasteiger partial charge is 0.203 e. The van der Waals surface area contributed by atoms with Gasteiger partial charge in [-0.2, -0.15) is 0 Å². The Balaban J connectivity index is 2.63. The zero-order valence-electron chi connectivity index (χ0n) is 14.8. The second kappa shape index (κ2) is 7.71. The average Bonchev–Trinajstić information content (AvgIpc) is 2.59. The second-order valence-corrected chi connectivity index (χ2v) is 5.80. The molecule has 4 heteroatoms. The van der Waals surface area contributed by atoms with Gasteiger partial charge in [0.1, 0.15) is 6.61 Å². The number of Topliss-reactive ketones (excluding diaryl/α,β-unsaturated/α-hetero) is 1. The molecule has 0 aliphatic carbocycles. The van der Waals surface area contributed by atoms with Crippen LogP contribution >= 0.6 is 0 Å². The number of carbonyl (C=O) groups is 1. The third kappa shape index (κ3) is 3.91. The summed E-state index contributed by atoms with van der Waals surface area (Å²) in [4.78, 5) is 11.7. The number of hydrogen-bond acceptors (Lipinski definition) is 4. The van der Waals surface area contributed by atoms with Crippen molar-refractivity contribution >= 4 is 11.9 Å². The highest BCUT2D eigenvalue weighted by Crippen LogP contribution is 2.44. The van der Waals surface area contributed by atoms with Crippen molar-refractivity contribution in [2.45, 2.75) is 13.8 Å². The quantitative estimate of drug-likeness (QED) is 0.578. The summed E-state index contributed by atoms with van der Waals surface area (Å²) in [6, 6.07) is 8.76. The minimum absolute atomic E-state index is 0.00716. The highest BCUT2D eigenvalue weighted by atomic mass is 16.5. The van der Waals surface area contributed by atoms with Gasteiger partial charge in [0.25, 0.3) is 0 Å². The van der Waals surface area contributed by atoms with Crippen molar-refractivity contribution in [1.29, 1.82) is 0 Å². The van der Waals surface area contributed by atoms with Crippen molar-refractivity contribution in [3.8, 4) is 28.4 Å². The Hall–Kier alpha value is -3.01. The molecule has 0 amide bonds. The van der Waals surface area contributed by atoms with E-state index in [2.05, 4.69) is 13.2 Å². The van der Waals surface area contributed by atoms with Crippen LogP contribution < -0.4 is 9.47 Å². The fourth-order valence-corrected chi connectivity index (χ4v) is 2.54. The van der Waals surface area contributed by atoms with Crippen LogP contribution in [0.15, 0.2) is 49.1 Å². The lowest BCUT2D eigenvalue weighted by molar-refractivity contribution is 0.101. The monoisotopic (exact) mass is 338 g/mol. The summed E-state index contributed by atoms with van der Waals surface area (Å²) < 4.78 is 11.1. The largest absolute Gasteiger partial charge is 0.504 e. The first-order valence-corrected chi connectivity index (χ1v) is 7.84. The van der Waals surface area contributed by atoms with Crippen LogP contribution in [0.4, 0.5) is 0 Å². The number of ether oxygens (including phenoxy) is 2. The Morgan fingerprint density at radius 3 is 2.48 bits per heavy atom. The summed E-state index contributed by atoms with van der Waals surface area (Å²) in [5.41, 5.74) is 3.76. The van der Waals surface area contributed by atoms with Gasteiger partial charge in [-0.15, -0.1) is 0 Å². The number of carbonyl (C=O) groups excluding carboxylic acids is 1. The van der Waals surface area contributed by atoms with Gasteiger partial charge in [-0.1, -0.05) is 31.4 Å². The Morgan fingerprint density at radius 1 is 1.20 bits per heavy atom. The van der Waals surface area contributed by atoms with Gasteiger partial charge in [-0.25, -0.2) is 0 Å². The molecule has 130 valence electrons. The van der Waals surface area contributed by atoms with Crippen LogP contribution in [-0.2, 0) is 0 Å². The Morgan fingerprint density at radius 2 is 1.92 bits per heavy atom. The molecule has 1 N–H and O–H groups in total. The standard InChI is InChI=1S/C21H22O4/c1-6-15-11-16(7-8-17(15)14(4)22)18-9-10-19(23)21(24-5)20(18)25-12-13(2)3/h6-11,23H,1-2,12H2,3-5H3. The van der Waals surface area contributed by atoms with Gasteiger partial charge in [-0.05, 0) is 48.7 Å². The van der Waals surface area contributed by atoms with Gasteiger partial charge in [0, 0.05) is 11.1 Å². The Bertz CT molecular complexity index is 834. The molecule has 0 unspecified atom stereocenters. The van der Waals surface area contributed by atoms with E-state index in [1.165, 1.54) is 14.0 Å². The maximum absolute atomic E-state index is 11.7. The molecule has 4 nitrogen and oxygen atoms in total. The number of hydrogen-bond donors (Lipinski definition) is 1. The SMILES string of the molecule is C=Cc1cc(-c2ccc(O)c(OC)c2OCC(=C)C)ccc1C(C)=O. The number of ketones is 1.